The lowest BCUT2D eigenvalue weighted by Gasteiger charge is -2.33. The van der Waals surface area contributed by atoms with Crippen molar-refractivity contribution in [2.24, 2.45) is 0 Å². The van der Waals surface area contributed by atoms with Gasteiger partial charge in [0.05, 0.1) is 17.9 Å². The van der Waals surface area contributed by atoms with Gasteiger partial charge in [0.15, 0.2) is 5.82 Å². The summed E-state index contributed by atoms with van der Waals surface area (Å²) in [6, 6.07) is 10.7. The van der Waals surface area contributed by atoms with Gasteiger partial charge in [0.25, 0.3) is 0 Å². The van der Waals surface area contributed by atoms with Gasteiger partial charge in [0, 0.05) is 25.0 Å². The highest BCUT2D eigenvalue weighted by molar-refractivity contribution is 5.43. The van der Waals surface area contributed by atoms with Crippen LogP contribution in [0.5, 0.6) is 0 Å². The van der Waals surface area contributed by atoms with E-state index in [9.17, 15) is 0 Å². The first kappa shape index (κ1) is 12.1. The van der Waals surface area contributed by atoms with Gasteiger partial charge in [0.2, 0.25) is 0 Å². The first-order valence-corrected chi connectivity index (χ1v) is 7.06. The Hall–Kier alpha value is -2.63. The number of aryl methyl sites for hydroxylation is 1. The van der Waals surface area contributed by atoms with Gasteiger partial charge in [-0.05, 0) is 12.0 Å². The van der Waals surface area contributed by atoms with E-state index in [1.54, 1.807) is 0 Å². The predicted molar refractivity (Wildman–Crippen MR) is 78.6 cm³/mol. The van der Waals surface area contributed by atoms with Crippen LogP contribution in [-0.4, -0.2) is 24.5 Å². The number of nitrogens with zero attached hydrogens (tertiary/aromatic N) is 5. The maximum atomic E-state index is 6.09. The zero-order valence-corrected chi connectivity index (χ0v) is 11.5. The first-order chi connectivity index (χ1) is 10.3. The summed E-state index contributed by atoms with van der Waals surface area (Å²) in [6.45, 7) is 0.825. The van der Waals surface area contributed by atoms with Gasteiger partial charge < -0.3 is 10.3 Å². The second-order valence-electron chi connectivity index (χ2n) is 5.34. The minimum absolute atomic E-state index is 0.143. The SMILES string of the molecule is Nc1nnn2c1C(c1ccccc1)C(n1ccnc1)CC2. The Kier molecular flexibility index (Phi) is 2.73. The van der Waals surface area contributed by atoms with Gasteiger partial charge in [-0.25, -0.2) is 9.67 Å². The third-order valence-corrected chi connectivity index (χ3v) is 4.18. The molecule has 4 rings (SSSR count). The van der Waals surface area contributed by atoms with Crippen molar-refractivity contribution in [2.45, 2.75) is 24.9 Å². The average Bonchev–Trinajstić information content (AvgIpc) is 3.18. The van der Waals surface area contributed by atoms with E-state index in [1.807, 2.05) is 29.5 Å². The standard InChI is InChI=1S/C15H16N6/c16-15-14-13(11-4-2-1-3-5-11)12(20-9-7-17-10-20)6-8-21(14)19-18-15/h1-5,7,9-10,12-13H,6,8,16H2. The molecular formula is C15H16N6. The summed E-state index contributed by atoms with van der Waals surface area (Å²) in [7, 11) is 0. The molecule has 0 spiro atoms. The molecule has 0 radical (unpaired) electrons. The average molecular weight is 280 g/mol. The second kappa shape index (κ2) is 4.73. The summed E-state index contributed by atoms with van der Waals surface area (Å²) < 4.78 is 4.09. The number of fused-ring (bicyclic) bond motifs is 1. The van der Waals surface area contributed by atoms with Crippen molar-refractivity contribution in [3.05, 3.63) is 60.3 Å². The Morgan fingerprint density at radius 3 is 2.81 bits per heavy atom. The number of hydrogen-bond acceptors (Lipinski definition) is 4. The van der Waals surface area contributed by atoms with Gasteiger partial charge in [-0.3, -0.25) is 0 Å². The number of nitrogens with two attached hydrogens (primary N) is 1. The Morgan fingerprint density at radius 2 is 2.05 bits per heavy atom. The lowest BCUT2D eigenvalue weighted by atomic mass is 9.84. The van der Waals surface area contributed by atoms with E-state index in [2.05, 4.69) is 44.1 Å². The molecule has 6 heteroatoms. The number of nitrogen functional groups attached to an aromatic ring is 1. The van der Waals surface area contributed by atoms with Crippen molar-refractivity contribution in [1.29, 1.82) is 0 Å². The maximum absolute atomic E-state index is 6.09. The maximum Gasteiger partial charge on any atom is 0.169 e. The molecule has 1 aromatic carbocycles. The summed E-state index contributed by atoms with van der Waals surface area (Å²) in [5.74, 6) is 0.665. The highest BCUT2D eigenvalue weighted by atomic mass is 15.4. The van der Waals surface area contributed by atoms with E-state index in [0.29, 0.717) is 5.82 Å². The molecule has 3 aromatic rings. The van der Waals surface area contributed by atoms with Gasteiger partial charge in [-0.2, -0.15) is 0 Å². The van der Waals surface area contributed by atoms with Crippen molar-refractivity contribution in [2.75, 3.05) is 5.73 Å². The molecule has 2 aromatic heterocycles. The molecule has 0 fully saturated rings. The Bertz CT molecular complexity index is 731. The fourth-order valence-electron chi connectivity index (χ4n) is 3.25. The lowest BCUT2D eigenvalue weighted by molar-refractivity contribution is 0.326. The van der Waals surface area contributed by atoms with E-state index < -0.39 is 0 Å². The molecule has 1 aliphatic heterocycles. The normalized spacial score (nSPS) is 21.1. The number of anilines is 1. The van der Waals surface area contributed by atoms with Crippen molar-refractivity contribution in [3.8, 4) is 0 Å². The van der Waals surface area contributed by atoms with Crippen LogP contribution < -0.4 is 5.73 Å². The van der Waals surface area contributed by atoms with Gasteiger partial charge >= 0.3 is 0 Å². The minimum atomic E-state index is 0.143. The van der Waals surface area contributed by atoms with Crippen LogP contribution in [0, 0.1) is 0 Å². The fourth-order valence-corrected chi connectivity index (χ4v) is 3.25. The number of imidazole rings is 1. The van der Waals surface area contributed by atoms with Gasteiger partial charge in [-0.15, -0.1) is 5.10 Å². The summed E-state index contributed by atoms with van der Waals surface area (Å²) >= 11 is 0. The third kappa shape index (κ3) is 1.91. The highest BCUT2D eigenvalue weighted by Crippen LogP contribution is 2.42. The van der Waals surface area contributed by atoms with Crippen molar-refractivity contribution in [1.82, 2.24) is 24.5 Å². The van der Waals surface area contributed by atoms with E-state index in [0.717, 1.165) is 18.7 Å². The van der Waals surface area contributed by atoms with Crippen LogP contribution in [0.25, 0.3) is 0 Å². The second-order valence-corrected chi connectivity index (χ2v) is 5.34. The number of benzene rings is 1. The number of rotatable bonds is 2. The molecular weight excluding hydrogens is 264 g/mol. The van der Waals surface area contributed by atoms with Crippen molar-refractivity contribution in [3.63, 3.8) is 0 Å². The summed E-state index contributed by atoms with van der Waals surface area (Å²) in [4.78, 5) is 4.19. The number of hydrogen-bond donors (Lipinski definition) is 1. The summed E-state index contributed by atoms with van der Waals surface area (Å²) in [5.41, 5.74) is 8.32. The summed E-state index contributed by atoms with van der Waals surface area (Å²) in [5, 5.41) is 8.22. The van der Waals surface area contributed by atoms with Crippen LogP contribution in [0.2, 0.25) is 0 Å². The van der Waals surface area contributed by atoms with Gasteiger partial charge in [-0.1, -0.05) is 35.5 Å². The van der Waals surface area contributed by atoms with E-state index >= 15 is 0 Å². The van der Waals surface area contributed by atoms with Gasteiger partial charge in [0.1, 0.15) is 0 Å². The van der Waals surface area contributed by atoms with E-state index in [1.165, 1.54) is 5.56 Å². The highest BCUT2D eigenvalue weighted by Gasteiger charge is 2.35. The Labute approximate surface area is 122 Å². The smallest absolute Gasteiger partial charge is 0.169 e. The molecule has 2 atom stereocenters. The van der Waals surface area contributed by atoms with E-state index in [-0.39, 0.29) is 12.0 Å². The topological polar surface area (TPSA) is 74.5 Å². The zero-order chi connectivity index (χ0) is 14.2. The van der Waals surface area contributed by atoms with E-state index in [4.69, 9.17) is 5.73 Å². The predicted octanol–water partition coefficient (Wildman–Crippen LogP) is 1.83. The van der Waals surface area contributed by atoms with Crippen LogP contribution in [0.1, 0.15) is 29.6 Å². The molecule has 106 valence electrons. The fraction of sp³-hybridized carbons (Fsp3) is 0.267. The quantitative estimate of drug-likeness (QED) is 0.777. The molecule has 3 heterocycles. The number of aromatic nitrogens is 5. The monoisotopic (exact) mass is 280 g/mol. The lowest BCUT2D eigenvalue weighted by Crippen LogP contribution is -2.28. The van der Waals surface area contributed by atoms with Crippen LogP contribution in [0.15, 0.2) is 49.1 Å². The molecule has 2 N–H and O–H groups in total. The van der Waals surface area contributed by atoms with Crippen LogP contribution in [0.3, 0.4) is 0 Å². The molecule has 0 amide bonds. The molecule has 6 nitrogen and oxygen atoms in total. The van der Waals surface area contributed by atoms with Crippen LogP contribution in [0.4, 0.5) is 5.82 Å². The molecule has 0 saturated carbocycles. The van der Waals surface area contributed by atoms with Crippen molar-refractivity contribution >= 4 is 5.82 Å². The zero-order valence-electron chi connectivity index (χ0n) is 11.5. The molecule has 21 heavy (non-hydrogen) atoms. The first-order valence-electron chi connectivity index (χ1n) is 7.06. The molecule has 2 unspecified atom stereocenters. The van der Waals surface area contributed by atoms with Crippen LogP contribution >= 0.6 is 0 Å². The Morgan fingerprint density at radius 1 is 1.19 bits per heavy atom. The minimum Gasteiger partial charge on any atom is -0.381 e. The van der Waals surface area contributed by atoms with Crippen molar-refractivity contribution < 1.29 is 0 Å². The largest absolute Gasteiger partial charge is 0.381 e. The Balaban J connectivity index is 1.88. The third-order valence-electron chi connectivity index (χ3n) is 4.18. The molecule has 0 bridgehead atoms. The molecule has 1 aliphatic rings. The van der Waals surface area contributed by atoms with Crippen LogP contribution in [-0.2, 0) is 6.54 Å². The molecule has 0 aliphatic carbocycles. The summed E-state index contributed by atoms with van der Waals surface area (Å²) in [6.07, 6.45) is 6.67. The molecule has 0 saturated heterocycles.